The fourth-order valence-electron chi connectivity index (χ4n) is 1.12. The minimum absolute atomic E-state index is 0.707. The zero-order valence-electron chi connectivity index (χ0n) is 10.6. The predicted octanol–water partition coefficient (Wildman–Crippen LogP) is 4.34. The molecule has 0 N–H and O–H groups in total. The van der Waals surface area contributed by atoms with Crippen molar-refractivity contribution in [2.75, 3.05) is 6.01 Å². The Hall–Kier alpha value is -0.700. The zero-order valence-corrected chi connectivity index (χ0v) is 13.6. The van der Waals surface area contributed by atoms with Crippen molar-refractivity contribution in [3.8, 4) is 0 Å². The van der Waals surface area contributed by atoms with Gasteiger partial charge in [-0.05, 0) is 0 Å². The first-order chi connectivity index (χ1) is 10.3. The Labute approximate surface area is 132 Å². The minimum atomic E-state index is -6.65. The fraction of sp³-hybridized carbons (Fsp3) is 0.400. The van der Waals surface area contributed by atoms with Crippen LogP contribution in [0.3, 0.4) is 0 Å². The molecule has 0 aliphatic carbocycles. The van der Waals surface area contributed by atoms with Gasteiger partial charge in [0.25, 0.3) is 0 Å². The second kappa shape index (κ2) is 6.66. The van der Waals surface area contributed by atoms with Gasteiger partial charge in [0, 0.05) is 0 Å². The van der Waals surface area contributed by atoms with Gasteiger partial charge in [-0.1, -0.05) is 0 Å². The number of alkyl halides is 9. The first-order valence-electron chi connectivity index (χ1n) is 5.32. The molecule has 0 heterocycles. The molecule has 0 spiro atoms. The van der Waals surface area contributed by atoms with E-state index in [0.717, 1.165) is 12.1 Å². The summed E-state index contributed by atoms with van der Waals surface area (Å²) in [5.74, 6) is -6.55. The average molecular weight is 486 g/mol. The van der Waals surface area contributed by atoms with E-state index >= 15 is 0 Å². The van der Waals surface area contributed by atoms with Gasteiger partial charge in [0.05, 0.1) is 0 Å². The maximum atomic E-state index is 13.8. The van der Waals surface area contributed by atoms with Gasteiger partial charge in [0.1, 0.15) is 0 Å². The summed E-state index contributed by atoms with van der Waals surface area (Å²) in [7, 11) is -5.33. The molecule has 0 saturated heterocycles. The van der Waals surface area contributed by atoms with Crippen LogP contribution in [0.4, 0.5) is 35.1 Å². The van der Waals surface area contributed by atoms with Crippen LogP contribution in [0.25, 0.3) is 0 Å². The van der Waals surface area contributed by atoms with Gasteiger partial charge >= 0.3 is 132 Å². The Balaban J connectivity index is 3.45. The van der Waals surface area contributed by atoms with E-state index in [2.05, 4.69) is 2.51 Å². The van der Waals surface area contributed by atoms with Crippen LogP contribution in [0.5, 0.6) is 0 Å². The Kier molecular flexibility index (Phi) is 5.89. The van der Waals surface area contributed by atoms with Crippen molar-refractivity contribution in [3.05, 3.63) is 33.9 Å². The molecule has 0 amide bonds. The third-order valence-electron chi connectivity index (χ3n) is 2.15. The van der Waals surface area contributed by atoms with E-state index in [4.69, 9.17) is 0 Å². The van der Waals surface area contributed by atoms with E-state index in [0.29, 0.717) is 12.1 Å². The first kappa shape index (κ1) is 20.3. The van der Waals surface area contributed by atoms with Gasteiger partial charge in [-0.15, -0.1) is 0 Å². The molecule has 0 atom stereocenters. The molecule has 0 saturated carbocycles. The van der Waals surface area contributed by atoms with Crippen molar-refractivity contribution in [1.29, 1.82) is 0 Å². The zero-order chi connectivity index (χ0) is 18.1. The second-order valence-electron chi connectivity index (χ2n) is 3.84. The van der Waals surface area contributed by atoms with Crippen molar-refractivity contribution in [1.82, 2.24) is 0 Å². The summed E-state index contributed by atoms with van der Waals surface area (Å²) in [6, 6.07) is 2.31. The van der Waals surface area contributed by atoms with Gasteiger partial charge < -0.3 is 0 Å². The van der Waals surface area contributed by atoms with E-state index in [9.17, 15) is 43.5 Å². The molecule has 13 heteroatoms. The van der Waals surface area contributed by atoms with E-state index in [1.54, 1.807) is 0 Å². The standard InChI is InChI=1S/C10H7F8IO3S/c11-6-23(20,21)22-19(7-4-2-1-3-5-7)10(17,18)8(12,13)9(14,15)16/h1-5H,6H2. The molecule has 134 valence electrons. The number of hydrogen-bond acceptors (Lipinski definition) is 3. The molecule has 3 nitrogen and oxygen atoms in total. The van der Waals surface area contributed by atoms with Gasteiger partial charge in [-0.25, -0.2) is 0 Å². The molecule has 0 aliphatic rings. The first-order valence-corrected chi connectivity index (χ1v) is 9.94. The number of benzene rings is 1. The second-order valence-corrected chi connectivity index (χ2v) is 10.4. The van der Waals surface area contributed by atoms with Gasteiger partial charge in [0.15, 0.2) is 0 Å². The molecule has 0 bridgehead atoms. The molecule has 1 rings (SSSR count). The number of hydrogen-bond donors (Lipinski definition) is 0. The molecule has 0 fully saturated rings. The van der Waals surface area contributed by atoms with E-state index in [1.165, 1.54) is 6.07 Å². The summed E-state index contributed by atoms with van der Waals surface area (Å²) in [5, 5.41) is 0. The fourth-order valence-corrected chi connectivity index (χ4v) is 7.50. The van der Waals surface area contributed by atoms with Crippen molar-refractivity contribution >= 4 is 30.4 Å². The van der Waals surface area contributed by atoms with Crippen LogP contribution in [0, 0.1) is 3.57 Å². The number of halogens is 9. The molecule has 0 unspecified atom stereocenters. The Morgan fingerprint density at radius 1 is 0.957 bits per heavy atom. The van der Waals surface area contributed by atoms with Crippen LogP contribution in [-0.2, 0) is 12.6 Å². The van der Waals surface area contributed by atoms with Gasteiger partial charge in [-0.3, -0.25) is 0 Å². The Morgan fingerprint density at radius 2 is 1.43 bits per heavy atom. The molecular formula is C10H7F8IO3S. The average Bonchev–Trinajstić information content (AvgIpc) is 2.44. The monoisotopic (exact) mass is 486 g/mol. The third kappa shape index (κ3) is 4.23. The van der Waals surface area contributed by atoms with Crippen molar-refractivity contribution < 1.29 is 46.1 Å². The van der Waals surface area contributed by atoms with Gasteiger partial charge in [0.2, 0.25) is 0 Å². The van der Waals surface area contributed by atoms with Gasteiger partial charge in [-0.2, -0.15) is 0 Å². The molecule has 0 radical (unpaired) electrons. The van der Waals surface area contributed by atoms with Crippen molar-refractivity contribution in [2.24, 2.45) is 0 Å². The quantitative estimate of drug-likeness (QED) is 0.342. The molecule has 1 aromatic carbocycles. The predicted molar refractivity (Wildman–Crippen MR) is 71.1 cm³/mol. The van der Waals surface area contributed by atoms with E-state index in [1.807, 2.05) is 0 Å². The van der Waals surface area contributed by atoms with Crippen LogP contribution in [0.15, 0.2) is 30.3 Å². The third-order valence-corrected chi connectivity index (χ3v) is 9.22. The van der Waals surface area contributed by atoms with Crippen LogP contribution < -0.4 is 0 Å². The summed E-state index contributed by atoms with van der Waals surface area (Å²) in [5.41, 5.74) is 0. The summed E-state index contributed by atoms with van der Waals surface area (Å²) >= 11 is -5.52. The van der Waals surface area contributed by atoms with Crippen LogP contribution in [-0.4, -0.2) is 30.5 Å². The van der Waals surface area contributed by atoms with Crippen LogP contribution >= 0.6 is 20.2 Å². The number of rotatable bonds is 6. The normalized spacial score (nSPS) is 14.7. The summed E-state index contributed by atoms with van der Waals surface area (Å²) in [6.45, 7) is 0. The molecule has 0 aromatic heterocycles. The maximum absolute atomic E-state index is 13.8. The molecule has 23 heavy (non-hydrogen) atoms. The van der Waals surface area contributed by atoms with Crippen molar-refractivity contribution in [2.45, 2.75) is 16.0 Å². The van der Waals surface area contributed by atoms with Crippen LogP contribution in [0.2, 0.25) is 0 Å². The SMILES string of the molecule is O=S(=O)(CF)OI(c1ccccc1)C(F)(F)C(F)(F)C(F)(F)F. The Morgan fingerprint density at radius 3 is 1.83 bits per heavy atom. The van der Waals surface area contributed by atoms with E-state index in [-0.39, 0.29) is 0 Å². The summed E-state index contributed by atoms with van der Waals surface area (Å²) in [4.78, 5) is 0. The summed E-state index contributed by atoms with van der Waals surface area (Å²) < 4.78 is 122. The van der Waals surface area contributed by atoms with Crippen LogP contribution in [0.1, 0.15) is 0 Å². The molecular weight excluding hydrogens is 479 g/mol. The van der Waals surface area contributed by atoms with Crippen molar-refractivity contribution in [3.63, 3.8) is 0 Å². The topological polar surface area (TPSA) is 43.4 Å². The summed E-state index contributed by atoms with van der Waals surface area (Å²) in [6.07, 6.45) is -6.65. The Bertz CT molecular complexity index is 631. The van der Waals surface area contributed by atoms with E-state index < -0.39 is 56.0 Å². The molecule has 1 aromatic rings. The molecule has 0 aliphatic heterocycles.